The van der Waals surface area contributed by atoms with E-state index in [1.807, 2.05) is 6.07 Å². The summed E-state index contributed by atoms with van der Waals surface area (Å²) in [6.45, 7) is 0. The van der Waals surface area contributed by atoms with Gasteiger partial charge in [0.1, 0.15) is 0 Å². The molecule has 5 nitrogen and oxygen atoms in total. The average Bonchev–Trinajstić information content (AvgIpc) is 2.60. The number of hydroxylamine groups is 1. The molecule has 1 amide bonds. The summed E-state index contributed by atoms with van der Waals surface area (Å²) in [4.78, 5) is 11.0. The summed E-state index contributed by atoms with van der Waals surface area (Å²) < 4.78 is 0. The third kappa shape index (κ3) is 1.15. The highest BCUT2D eigenvalue weighted by atomic mass is 16.5. The van der Waals surface area contributed by atoms with Gasteiger partial charge in [-0.2, -0.15) is 5.10 Å². The second kappa shape index (κ2) is 2.87. The molecule has 0 fully saturated rings. The highest BCUT2D eigenvalue weighted by molar-refractivity contribution is 6.04. The zero-order chi connectivity index (χ0) is 9.26. The van der Waals surface area contributed by atoms with Crippen LogP contribution in [0.1, 0.15) is 10.5 Å². The standard InChI is InChI=1S/C8H7N3O2/c12-8(11-13)7-5-3-1-2-4-6(5)9-10-7/h1-4,13H,(H,9,10)(H,11,12). The van der Waals surface area contributed by atoms with Crippen LogP contribution in [0.4, 0.5) is 0 Å². The van der Waals surface area contributed by atoms with Crippen LogP contribution < -0.4 is 5.48 Å². The first-order valence-corrected chi connectivity index (χ1v) is 3.70. The summed E-state index contributed by atoms with van der Waals surface area (Å²) in [5.41, 5.74) is 2.50. The van der Waals surface area contributed by atoms with Crippen LogP contribution in [0, 0.1) is 0 Å². The van der Waals surface area contributed by atoms with Gasteiger partial charge in [-0.25, -0.2) is 5.48 Å². The fourth-order valence-electron chi connectivity index (χ4n) is 1.19. The van der Waals surface area contributed by atoms with E-state index in [2.05, 4.69) is 10.2 Å². The Labute approximate surface area is 73.3 Å². The van der Waals surface area contributed by atoms with Crippen molar-refractivity contribution in [2.45, 2.75) is 0 Å². The van der Waals surface area contributed by atoms with Gasteiger partial charge in [0.25, 0.3) is 5.91 Å². The molecule has 66 valence electrons. The molecule has 0 saturated carbocycles. The Hall–Kier alpha value is -1.88. The topological polar surface area (TPSA) is 78.0 Å². The van der Waals surface area contributed by atoms with E-state index in [0.29, 0.717) is 5.39 Å². The molecular weight excluding hydrogens is 170 g/mol. The number of nitrogens with one attached hydrogen (secondary N) is 2. The lowest BCUT2D eigenvalue weighted by Crippen LogP contribution is -2.19. The molecule has 0 bridgehead atoms. The van der Waals surface area contributed by atoms with Crippen LogP contribution in [0.5, 0.6) is 0 Å². The van der Waals surface area contributed by atoms with Gasteiger partial charge in [-0.05, 0) is 6.07 Å². The lowest BCUT2D eigenvalue weighted by molar-refractivity contribution is 0.0702. The molecule has 0 spiro atoms. The van der Waals surface area contributed by atoms with Crippen LogP contribution in [-0.4, -0.2) is 21.3 Å². The van der Waals surface area contributed by atoms with Crippen LogP contribution in [-0.2, 0) is 0 Å². The summed E-state index contributed by atoms with van der Waals surface area (Å²) >= 11 is 0. The van der Waals surface area contributed by atoms with Crippen molar-refractivity contribution in [3.8, 4) is 0 Å². The van der Waals surface area contributed by atoms with E-state index in [1.54, 1.807) is 18.2 Å². The van der Waals surface area contributed by atoms with Crippen molar-refractivity contribution in [2.75, 3.05) is 0 Å². The van der Waals surface area contributed by atoms with E-state index in [0.717, 1.165) is 5.52 Å². The number of rotatable bonds is 1. The van der Waals surface area contributed by atoms with E-state index in [4.69, 9.17) is 5.21 Å². The number of hydrogen-bond acceptors (Lipinski definition) is 3. The number of fused-ring (bicyclic) bond motifs is 1. The number of benzene rings is 1. The molecule has 3 N–H and O–H groups in total. The number of carbonyl (C=O) groups is 1. The first kappa shape index (κ1) is 7.75. The lowest BCUT2D eigenvalue weighted by Gasteiger charge is -1.92. The van der Waals surface area contributed by atoms with Crippen molar-refractivity contribution < 1.29 is 10.0 Å². The van der Waals surface area contributed by atoms with Crippen LogP contribution in [0.2, 0.25) is 0 Å². The molecule has 0 aliphatic rings. The molecule has 0 atom stereocenters. The number of carbonyl (C=O) groups excluding carboxylic acids is 1. The van der Waals surface area contributed by atoms with Crippen LogP contribution in [0.25, 0.3) is 10.9 Å². The van der Waals surface area contributed by atoms with E-state index < -0.39 is 5.91 Å². The van der Waals surface area contributed by atoms with Gasteiger partial charge in [-0.15, -0.1) is 0 Å². The first-order valence-electron chi connectivity index (χ1n) is 3.70. The maximum absolute atomic E-state index is 11.0. The summed E-state index contributed by atoms with van der Waals surface area (Å²) in [6.07, 6.45) is 0. The highest BCUT2D eigenvalue weighted by Gasteiger charge is 2.11. The average molecular weight is 177 g/mol. The Kier molecular flexibility index (Phi) is 1.71. The van der Waals surface area contributed by atoms with Crippen molar-refractivity contribution in [1.82, 2.24) is 15.7 Å². The summed E-state index contributed by atoms with van der Waals surface area (Å²) in [6, 6.07) is 7.19. The molecular formula is C8H7N3O2. The Morgan fingerprint density at radius 3 is 3.00 bits per heavy atom. The van der Waals surface area contributed by atoms with Gasteiger partial charge < -0.3 is 0 Å². The molecule has 1 aromatic carbocycles. The number of nitrogens with zero attached hydrogens (tertiary/aromatic N) is 1. The molecule has 0 unspecified atom stereocenters. The minimum Gasteiger partial charge on any atom is -0.288 e. The third-order valence-electron chi connectivity index (χ3n) is 1.79. The first-order chi connectivity index (χ1) is 6.33. The maximum atomic E-state index is 11.0. The molecule has 1 heterocycles. The Balaban J connectivity index is 2.64. The normalized spacial score (nSPS) is 10.2. The largest absolute Gasteiger partial charge is 0.295 e. The zero-order valence-corrected chi connectivity index (χ0v) is 6.61. The summed E-state index contributed by atoms with van der Waals surface area (Å²) in [7, 11) is 0. The predicted molar refractivity (Wildman–Crippen MR) is 45.3 cm³/mol. The molecule has 0 aliphatic heterocycles. The smallest absolute Gasteiger partial charge is 0.288 e. The lowest BCUT2D eigenvalue weighted by atomic mass is 10.2. The number of hydrogen-bond donors (Lipinski definition) is 3. The molecule has 1 aromatic heterocycles. The SMILES string of the molecule is O=C(NO)c1n[nH]c2ccccc12. The molecule has 13 heavy (non-hydrogen) atoms. The van der Waals surface area contributed by atoms with E-state index in [1.165, 1.54) is 5.48 Å². The van der Waals surface area contributed by atoms with Crippen molar-refractivity contribution in [3.05, 3.63) is 30.0 Å². The zero-order valence-electron chi connectivity index (χ0n) is 6.61. The molecule has 2 aromatic rings. The van der Waals surface area contributed by atoms with E-state index >= 15 is 0 Å². The minimum atomic E-state index is -0.613. The second-order valence-corrected chi connectivity index (χ2v) is 2.56. The number of aromatic amines is 1. The number of para-hydroxylation sites is 1. The van der Waals surface area contributed by atoms with Gasteiger partial charge in [0, 0.05) is 5.39 Å². The quantitative estimate of drug-likeness (QED) is 0.442. The van der Waals surface area contributed by atoms with Crippen LogP contribution in [0.15, 0.2) is 24.3 Å². The van der Waals surface area contributed by atoms with Crippen LogP contribution >= 0.6 is 0 Å². The fraction of sp³-hybridized carbons (Fsp3) is 0. The van der Waals surface area contributed by atoms with Gasteiger partial charge in [-0.1, -0.05) is 18.2 Å². The molecule has 0 aliphatic carbocycles. The second-order valence-electron chi connectivity index (χ2n) is 2.56. The third-order valence-corrected chi connectivity index (χ3v) is 1.79. The van der Waals surface area contributed by atoms with Gasteiger partial charge >= 0.3 is 0 Å². The number of aromatic nitrogens is 2. The fourth-order valence-corrected chi connectivity index (χ4v) is 1.19. The Morgan fingerprint density at radius 1 is 1.46 bits per heavy atom. The van der Waals surface area contributed by atoms with Crippen molar-refractivity contribution in [1.29, 1.82) is 0 Å². The van der Waals surface area contributed by atoms with Gasteiger partial charge in [-0.3, -0.25) is 15.1 Å². The van der Waals surface area contributed by atoms with Gasteiger partial charge in [0.05, 0.1) is 5.52 Å². The predicted octanol–water partition coefficient (Wildman–Crippen LogP) is 0.682. The van der Waals surface area contributed by atoms with Crippen LogP contribution in [0.3, 0.4) is 0 Å². The van der Waals surface area contributed by atoms with Crippen molar-refractivity contribution in [3.63, 3.8) is 0 Å². The minimum absolute atomic E-state index is 0.193. The maximum Gasteiger partial charge on any atom is 0.295 e. The molecule has 5 heteroatoms. The van der Waals surface area contributed by atoms with Crippen molar-refractivity contribution in [2.24, 2.45) is 0 Å². The Bertz CT molecular complexity index is 449. The summed E-state index contributed by atoms with van der Waals surface area (Å²) in [5.74, 6) is -0.613. The molecule has 2 rings (SSSR count). The summed E-state index contributed by atoms with van der Waals surface area (Å²) in [5, 5.41) is 15.6. The number of amides is 1. The van der Waals surface area contributed by atoms with E-state index in [-0.39, 0.29) is 5.69 Å². The van der Waals surface area contributed by atoms with Crippen molar-refractivity contribution >= 4 is 16.8 Å². The molecule has 0 saturated heterocycles. The highest BCUT2D eigenvalue weighted by Crippen LogP contribution is 2.14. The van der Waals surface area contributed by atoms with Gasteiger partial charge in [0.15, 0.2) is 5.69 Å². The monoisotopic (exact) mass is 177 g/mol. The molecule has 0 radical (unpaired) electrons. The van der Waals surface area contributed by atoms with Gasteiger partial charge in [0.2, 0.25) is 0 Å². The van der Waals surface area contributed by atoms with E-state index in [9.17, 15) is 4.79 Å². The number of H-pyrrole nitrogens is 1. The Morgan fingerprint density at radius 2 is 2.23 bits per heavy atom.